The van der Waals surface area contributed by atoms with Crippen LogP contribution < -0.4 is 0 Å². The summed E-state index contributed by atoms with van der Waals surface area (Å²) in [5, 5.41) is 0. The van der Waals surface area contributed by atoms with Crippen molar-refractivity contribution in [3.63, 3.8) is 0 Å². The Morgan fingerprint density at radius 3 is 2.60 bits per heavy atom. The second-order valence-electron chi connectivity index (χ2n) is 4.29. The largest absolute Gasteiger partial charge is 0.466 e. The Balaban J connectivity index is 2.82. The normalized spacial score (nSPS) is 11.7. The number of halogens is 1. The zero-order valence-corrected chi connectivity index (χ0v) is 14.1. The number of benzene rings is 1. The van der Waals surface area contributed by atoms with Crippen LogP contribution in [0.1, 0.15) is 18.9 Å². The van der Waals surface area contributed by atoms with E-state index in [9.17, 15) is 13.2 Å². The van der Waals surface area contributed by atoms with Gasteiger partial charge in [-0.15, -0.1) is 0 Å². The van der Waals surface area contributed by atoms with Gasteiger partial charge in [0.25, 0.3) is 0 Å². The minimum Gasteiger partial charge on any atom is -0.466 e. The van der Waals surface area contributed by atoms with Crippen LogP contribution in [-0.2, 0) is 19.6 Å². The Bertz CT molecular complexity index is 586. The lowest BCUT2D eigenvalue weighted by Crippen LogP contribution is -2.29. The summed E-state index contributed by atoms with van der Waals surface area (Å²) >= 11 is 3.33. The van der Waals surface area contributed by atoms with E-state index in [1.807, 2.05) is 6.92 Å². The number of carbonyl (C=O) groups is 1. The molecular weight excluding hydrogens is 346 g/mol. The molecule has 0 saturated heterocycles. The SMILES string of the molecule is CCOC(=O)CCN(C)S(=O)(=O)c1ccc(Br)c(C)c1. The highest BCUT2D eigenvalue weighted by molar-refractivity contribution is 9.10. The maximum atomic E-state index is 12.3. The topological polar surface area (TPSA) is 63.7 Å². The first-order chi connectivity index (χ1) is 9.28. The molecule has 7 heteroatoms. The van der Waals surface area contributed by atoms with Crippen LogP contribution in [0.5, 0.6) is 0 Å². The summed E-state index contributed by atoms with van der Waals surface area (Å²) in [6.45, 7) is 3.92. The second-order valence-corrected chi connectivity index (χ2v) is 7.19. The molecule has 0 N–H and O–H groups in total. The molecule has 0 unspecified atom stereocenters. The van der Waals surface area contributed by atoms with E-state index in [2.05, 4.69) is 15.9 Å². The van der Waals surface area contributed by atoms with Gasteiger partial charge in [0.1, 0.15) is 0 Å². The first-order valence-electron chi connectivity index (χ1n) is 6.17. The molecule has 0 spiro atoms. The van der Waals surface area contributed by atoms with Crippen LogP contribution in [0.2, 0.25) is 0 Å². The Morgan fingerprint density at radius 1 is 1.40 bits per heavy atom. The summed E-state index contributed by atoms with van der Waals surface area (Å²) < 4.78 is 31.4. The molecule has 0 radical (unpaired) electrons. The van der Waals surface area contributed by atoms with Crippen molar-refractivity contribution in [2.24, 2.45) is 0 Å². The van der Waals surface area contributed by atoms with Crippen LogP contribution in [-0.4, -0.2) is 38.9 Å². The number of nitrogens with zero attached hydrogens (tertiary/aromatic N) is 1. The lowest BCUT2D eigenvalue weighted by atomic mass is 10.2. The third-order valence-electron chi connectivity index (χ3n) is 2.77. The van der Waals surface area contributed by atoms with Crippen LogP contribution in [0.25, 0.3) is 0 Å². The fourth-order valence-electron chi connectivity index (χ4n) is 1.56. The highest BCUT2D eigenvalue weighted by Gasteiger charge is 2.21. The average molecular weight is 364 g/mol. The molecule has 0 aliphatic carbocycles. The quantitative estimate of drug-likeness (QED) is 0.727. The molecule has 0 fully saturated rings. The van der Waals surface area contributed by atoms with Crippen LogP contribution in [0.15, 0.2) is 27.6 Å². The average Bonchev–Trinajstić information content (AvgIpc) is 2.39. The molecule has 0 aliphatic rings. The third kappa shape index (κ3) is 4.29. The van der Waals surface area contributed by atoms with Gasteiger partial charge in [-0.05, 0) is 37.6 Å². The highest BCUT2D eigenvalue weighted by Crippen LogP contribution is 2.22. The molecule has 112 valence electrons. The van der Waals surface area contributed by atoms with Crippen molar-refractivity contribution in [1.29, 1.82) is 0 Å². The molecule has 5 nitrogen and oxygen atoms in total. The van der Waals surface area contributed by atoms with E-state index in [4.69, 9.17) is 4.74 Å². The molecule has 0 atom stereocenters. The van der Waals surface area contributed by atoms with E-state index in [1.54, 1.807) is 19.1 Å². The number of hydrogen-bond donors (Lipinski definition) is 0. The number of carbonyl (C=O) groups excluding carboxylic acids is 1. The molecule has 20 heavy (non-hydrogen) atoms. The number of rotatable bonds is 6. The van der Waals surface area contributed by atoms with Crippen molar-refractivity contribution < 1.29 is 17.9 Å². The van der Waals surface area contributed by atoms with Crippen molar-refractivity contribution in [2.45, 2.75) is 25.2 Å². The number of ether oxygens (including phenoxy) is 1. The van der Waals surface area contributed by atoms with Gasteiger partial charge in [-0.1, -0.05) is 15.9 Å². The van der Waals surface area contributed by atoms with Crippen molar-refractivity contribution in [3.05, 3.63) is 28.2 Å². The summed E-state index contributed by atoms with van der Waals surface area (Å²) in [5.41, 5.74) is 0.838. The van der Waals surface area contributed by atoms with Crippen LogP contribution in [0, 0.1) is 6.92 Å². The molecule has 1 aromatic carbocycles. The lowest BCUT2D eigenvalue weighted by molar-refractivity contribution is -0.143. The van der Waals surface area contributed by atoms with E-state index >= 15 is 0 Å². The molecular formula is C13H18BrNO4S. The summed E-state index contributed by atoms with van der Waals surface area (Å²) in [6, 6.07) is 4.83. The van der Waals surface area contributed by atoms with E-state index in [1.165, 1.54) is 13.1 Å². The van der Waals surface area contributed by atoms with Gasteiger partial charge in [-0.2, -0.15) is 0 Å². The summed E-state index contributed by atoms with van der Waals surface area (Å²) in [5.74, 6) is -0.401. The predicted molar refractivity (Wildman–Crippen MR) is 79.9 cm³/mol. The third-order valence-corrected chi connectivity index (χ3v) is 5.52. The van der Waals surface area contributed by atoms with Crippen molar-refractivity contribution in [1.82, 2.24) is 4.31 Å². The van der Waals surface area contributed by atoms with E-state index in [0.29, 0.717) is 6.61 Å². The standard InChI is InChI=1S/C13H18BrNO4S/c1-4-19-13(16)7-8-15(3)20(17,18)11-5-6-12(14)10(2)9-11/h5-6,9H,4,7-8H2,1-3H3. The van der Waals surface area contributed by atoms with Crippen LogP contribution in [0.3, 0.4) is 0 Å². The molecule has 0 aliphatic heterocycles. The number of hydrogen-bond acceptors (Lipinski definition) is 4. The van der Waals surface area contributed by atoms with Crippen molar-refractivity contribution in [3.8, 4) is 0 Å². The van der Waals surface area contributed by atoms with E-state index < -0.39 is 16.0 Å². The second kappa shape index (κ2) is 7.19. The van der Waals surface area contributed by atoms with Gasteiger partial charge >= 0.3 is 5.97 Å². The van der Waals surface area contributed by atoms with E-state index in [0.717, 1.165) is 14.3 Å². The lowest BCUT2D eigenvalue weighted by Gasteiger charge is -2.17. The molecule has 0 aromatic heterocycles. The van der Waals surface area contributed by atoms with Gasteiger partial charge < -0.3 is 4.74 Å². The minimum atomic E-state index is -3.58. The first kappa shape index (κ1) is 17.1. The Morgan fingerprint density at radius 2 is 2.05 bits per heavy atom. The molecule has 0 heterocycles. The van der Waals surface area contributed by atoms with Crippen LogP contribution in [0.4, 0.5) is 0 Å². The first-order valence-corrected chi connectivity index (χ1v) is 8.40. The minimum absolute atomic E-state index is 0.0408. The monoisotopic (exact) mass is 363 g/mol. The Labute approximate surface area is 128 Å². The molecule has 0 saturated carbocycles. The highest BCUT2D eigenvalue weighted by atomic mass is 79.9. The molecule has 1 rings (SSSR count). The zero-order chi connectivity index (χ0) is 15.3. The van der Waals surface area contributed by atoms with Gasteiger partial charge in [0.15, 0.2) is 0 Å². The number of esters is 1. The molecule has 0 bridgehead atoms. The number of aryl methyl sites for hydroxylation is 1. The van der Waals surface area contributed by atoms with Crippen molar-refractivity contribution >= 4 is 31.9 Å². The van der Waals surface area contributed by atoms with E-state index in [-0.39, 0.29) is 17.9 Å². The Hall–Kier alpha value is -0.920. The Kier molecular flexibility index (Phi) is 6.16. The van der Waals surface area contributed by atoms with Gasteiger partial charge in [0.05, 0.1) is 17.9 Å². The predicted octanol–water partition coefficient (Wildman–Crippen LogP) is 2.33. The molecule has 0 amide bonds. The fourth-order valence-corrected chi connectivity index (χ4v) is 3.06. The van der Waals surface area contributed by atoms with Crippen molar-refractivity contribution in [2.75, 3.05) is 20.2 Å². The van der Waals surface area contributed by atoms with Gasteiger partial charge in [-0.3, -0.25) is 4.79 Å². The summed E-state index contributed by atoms with van der Waals surface area (Å²) in [7, 11) is -2.13. The fraction of sp³-hybridized carbons (Fsp3) is 0.462. The van der Waals surface area contributed by atoms with Crippen LogP contribution >= 0.6 is 15.9 Å². The van der Waals surface area contributed by atoms with Gasteiger partial charge in [0.2, 0.25) is 10.0 Å². The zero-order valence-electron chi connectivity index (χ0n) is 11.7. The maximum absolute atomic E-state index is 12.3. The maximum Gasteiger partial charge on any atom is 0.307 e. The summed E-state index contributed by atoms with van der Waals surface area (Å²) in [6.07, 6.45) is 0.0408. The smallest absolute Gasteiger partial charge is 0.307 e. The van der Waals surface area contributed by atoms with Gasteiger partial charge in [0, 0.05) is 18.1 Å². The van der Waals surface area contributed by atoms with Gasteiger partial charge in [-0.25, -0.2) is 12.7 Å². The molecule has 1 aromatic rings. The number of sulfonamides is 1. The summed E-state index contributed by atoms with van der Waals surface area (Å²) in [4.78, 5) is 11.5.